The molecule has 5 aromatic rings. The fourth-order valence-corrected chi connectivity index (χ4v) is 12.5. The summed E-state index contributed by atoms with van der Waals surface area (Å²) in [6.45, 7) is 9.35. The van der Waals surface area contributed by atoms with Crippen LogP contribution in [-0.2, 0) is 25.4 Å². The van der Waals surface area contributed by atoms with Gasteiger partial charge < -0.3 is 19.5 Å². The van der Waals surface area contributed by atoms with Gasteiger partial charge in [0.2, 0.25) is 0 Å². The number of hydrogen-bond donors (Lipinski definition) is 2. The molecule has 1 saturated heterocycles. The largest absolute Gasteiger partial charge is 0.494 e. The molecule has 4 aromatic carbocycles. The summed E-state index contributed by atoms with van der Waals surface area (Å²) in [5.41, 5.74) is -0.126. The third-order valence-corrected chi connectivity index (χ3v) is 15.0. The Morgan fingerprint density at radius 1 is 0.818 bits per heavy atom. The summed E-state index contributed by atoms with van der Waals surface area (Å²) in [4.78, 5) is 49.1. The number of nitrogens with zero attached hydrogens (tertiary/aromatic N) is 2. The molecule has 1 fully saturated rings. The highest BCUT2D eigenvalue weighted by Gasteiger charge is 2.65. The number of aromatic nitrogens is 1. The molecule has 0 radical (unpaired) electrons. The first-order valence-corrected chi connectivity index (χ1v) is 23.5. The predicted molar refractivity (Wildman–Crippen MR) is 221 cm³/mol. The van der Waals surface area contributed by atoms with Gasteiger partial charge in [0.1, 0.15) is 5.54 Å². The second-order valence-corrected chi connectivity index (χ2v) is 22.6. The molecule has 1 aliphatic heterocycles. The summed E-state index contributed by atoms with van der Waals surface area (Å²) >= 11 is 0. The Hall–Kier alpha value is -5.41. The number of benzene rings is 4. The van der Waals surface area contributed by atoms with Crippen molar-refractivity contribution in [2.75, 3.05) is 0 Å². The molecular formula is C44H47N2O7PSi. The van der Waals surface area contributed by atoms with E-state index in [2.05, 4.69) is 6.58 Å². The lowest BCUT2D eigenvalue weighted by Gasteiger charge is -2.56. The van der Waals surface area contributed by atoms with Crippen molar-refractivity contribution < 1.29 is 33.9 Å². The first kappa shape index (κ1) is 39.3. The van der Waals surface area contributed by atoms with Crippen LogP contribution < -0.4 is 15.9 Å². The number of hydrogen-bond acceptors (Lipinski definition) is 7. The van der Waals surface area contributed by atoms with Gasteiger partial charge in [-0.15, -0.1) is 6.58 Å². The van der Waals surface area contributed by atoms with Crippen LogP contribution >= 0.6 is 6.89 Å². The quantitative estimate of drug-likeness (QED) is 0.0396. The van der Waals surface area contributed by atoms with Crippen molar-refractivity contribution in [2.45, 2.75) is 57.6 Å². The molecule has 3 atom stereocenters. The summed E-state index contributed by atoms with van der Waals surface area (Å²) in [7, 11) is -2.15. The van der Waals surface area contributed by atoms with Crippen molar-refractivity contribution in [3.05, 3.63) is 151 Å². The zero-order chi connectivity index (χ0) is 39.4. The Kier molecular flexibility index (Phi) is 11.5. The average molecular weight is 775 g/mol. The van der Waals surface area contributed by atoms with Gasteiger partial charge in [0, 0.05) is 29.9 Å². The van der Waals surface area contributed by atoms with Gasteiger partial charge in [-0.25, -0.2) is 4.79 Å². The van der Waals surface area contributed by atoms with E-state index in [4.69, 9.17) is 9.26 Å². The molecule has 1 amide bonds. The van der Waals surface area contributed by atoms with Gasteiger partial charge >= 0.3 is 5.97 Å². The van der Waals surface area contributed by atoms with Crippen LogP contribution in [-0.4, -0.2) is 63.3 Å². The van der Waals surface area contributed by atoms with E-state index in [1.807, 2.05) is 118 Å². The third-order valence-electron chi connectivity index (χ3n) is 9.94. The molecule has 55 heavy (non-hydrogen) atoms. The minimum atomic E-state index is -2.78. The van der Waals surface area contributed by atoms with E-state index in [-0.39, 0.29) is 36.9 Å². The molecule has 0 spiro atoms. The monoisotopic (exact) mass is 774 g/mol. The van der Waals surface area contributed by atoms with Crippen molar-refractivity contribution in [2.24, 2.45) is 5.92 Å². The molecule has 0 bridgehead atoms. The number of β-lactam (4-membered cyclic amide) rings is 1. The topological polar surface area (TPSA) is 118 Å². The maximum atomic E-state index is 14.5. The van der Waals surface area contributed by atoms with E-state index in [1.165, 1.54) is 16.7 Å². The fourth-order valence-electron chi connectivity index (χ4n) is 7.65. The summed E-state index contributed by atoms with van der Waals surface area (Å²) in [6.07, 6.45) is 1.09. The number of rotatable bonds is 15. The van der Waals surface area contributed by atoms with Crippen LogP contribution in [0.4, 0.5) is 0 Å². The lowest BCUT2D eigenvalue weighted by molar-refractivity contribution is -0.268. The van der Waals surface area contributed by atoms with Crippen molar-refractivity contribution in [1.82, 2.24) is 9.63 Å². The average Bonchev–Trinajstić information content (AvgIpc) is 3.49. The molecule has 6 rings (SSSR count). The Morgan fingerprint density at radius 3 is 1.76 bits per heavy atom. The first-order chi connectivity index (χ1) is 26.3. The molecule has 2 N–H and O–H groups in total. The van der Waals surface area contributed by atoms with E-state index in [0.717, 1.165) is 26.5 Å². The lowest BCUT2D eigenvalue weighted by atomic mass is 9.67. The van der Waals surface area contributed by atoms with Gasteiger partial charge in [0.15, 0.2) is 25.9 Å². The molecule has 2 heterocycles. The van der Waals surface area contributed by atoms with Crippen LogP contribution in [0.5, 0.6) is 11.8 Å². The van der Waals surface area contributed by atoms with E-state index in [1.54, 1.807) is 36.1 Å². The van der Waals surface area contributed by atoms with Gasteiger partial charge in [0.25, 0.3) is 5.91 Å². The van der Waals surface area contributed by atoms with Crippen molar-refractivity contribution in [1.29, 1.82) is 0 Å². The highest BCUT2D eigenvalue weighted by atomic mass is 31.2. The summed E-state index contributed by atoms with van der Waals surface area (Å²) in [5, 5.41) is 24.1. The van der Waals surface area contributed by atoms with Gasteiger partial charge in [-0.1, -0.05) is 121 Å². The number of aromatic hydroxyl groups is 2. The minimum absolute atomic E-state index is 0.0815. The lowest BCUT2D eigenvalue weighted by Crippen LogP contribution is -2.74. The molecule has 0 unspecified atom stereocenters. The van der Waals surface area contributed by atoms with Gasteiger partial charge in [0.05, 0.1) is 18.6 Å². The van der Waals surface area contributed by atoms with Crippen LogP contribution in [0.25, 0.3) is 0 Å². The van der Waals surface area contributed by atoms with Crippen LogP contribution in [0.1, 0.15) is 35.7 Å². The number of ketones is 1. The van der Waals surface area contributed by atoms with E-state index in [9.17, 15) is 24.6 Å². The van der Waals surface area contributed by atoms with Gasteiger partial charge in [-0.05, 0) is 61.3 Å². The standard InChI is InChI=1S/C44H47N2O7PSi/c1-6-28-44(29-38(47)34-24-22-33(23-25-34)30-45-39(48)26-27-40(45)49)42(32(2)53-55(3,4)5)43(51)46(44)52-41(50)31-54(35-16-10-7-11-17-35,36-18-12-8-13-19-36)37-20-14-9-15-21-37/h6-27,31-32,42,48-49H,1,28-30H2,2-5H3/t32-,42+,44-/m1/s1. The van der Waals surface area contributed by atoms with E-state index >= 15 is 0 Å². The van der Waals surface area contributed by atoms with Crippen LogP contribution in [0, 0.1) is 5.92 Å². The number of carbonyl (C=O) groups excluding carboxylic acids is 3. The highest BCUT2D eigenvalue weighted by Crippen LogP contribution is 2.49. The Labute approximate surface area is 323 Å². The first-order valence-electron chi connectivity index (χ1n) is 18.2. The van der Waals surface area contributed by atoms with Crippen molar-refractivity contribution in [3.8, 4) is 11.8 Å². The van der Waals surface area contributed by atoms with E-state index < -0.39 is 44.6 Å². The van der Waals surface area contributed by atoms with Crippen LogP contribution in [0.3, 0.4) is 0 Å². The zero-order valence-corrected chi connectivity index (χ0v) is 33.4. The third kappa shape index (κ3) is 8.03. The Morgan fingerprint density at radius 2 is 1.31 bits per heavy atom. The maximum Gasteiger partial charge on any atom is 0.357 e. The number of carbonyl (C=O) groups is 3. The Bertz CT molecular complexity index is 2090. The predicted octanol–water partition coefficient (Wildman–Crippen LogP) is 6.79. The fraction of sp³-hybridized carbons (Fsp3) is 0.227. The van der Waals surface area contributed by atoms with Gasteiger partial charge in [-0.3, -0.25) is 14.2 Å². The van der Waals surface area contributed by atoms with Crippen LogP contribution in [0.2, 0.25) is 19.6 Å². The maximum absolute atomic E-state index is 14.5. The SMILES string of the molecule is C=CC[C@@]1(CC(=O)c2ccc(Cn3c(O)ccc3O)cc2)[C@@H]([C@@H](C)O[Si](C)(C)C)C(=O)N1OC(=O)C=P(c1ccccc1)(c1ccccc1)c1ccccc1. The second kappa shape index (κ2) is 16.1. The number of hydroxylamine groups is 2. The Balaban J connectivity index is 1.39. The van der Waals surface area contributed by atoms with Gasteiger partial charge in [-0.2, -0.15) is 5.06 Å². The van der Waals surface area contributed by atoms with Crippen molar-refractivity contribution in [3.63, 3.8) is 0 Å². The summed E-state index contributed by atoms with van der Waals surface area (Å²) in [6, 6.07) is 39.2. The second-order valence-electron chi connectivity index (χ2n) is 14.8. The van der Waals surface area contributed by atoms with E-state index in [0.29, 0.717) is 5.56 Å². The molecule has 11 heteroatoms. The molecular weight excluding hydrogens is 728 g/mol. The van der Waals surface area contributed by atoms with Crippen LogP contribution in [0.15, 0.2) is 140 Å². The molecule has 1 aromatic heterocycles. The normalized spacial score (nSPS) is 17.6. The highest BCUT2D eigenvalue weighted by molar-refractivity contribution is 7.95. The number of amides is 1. The van der Waals surface area contributed by atoms with Crippen molar-refractivity contribution >= 4 is 54.6 Å². The smallest absolute Gasteiger partial charge is 0.357 e. The minimum Gasteiger partial charge on any atom is -0.494 e. The summed E-state index contributed by atoms with van der Waals surface area (Å²) in [5.74, 6) is -0.741. The molecule has 9 nitrogen and oxygen atoms in total. The number of Topliss-reactive ketones (excluding diaryl/α,β-unsaturated/α-hetero) is 1. The molecule has 0 aliphatic carbocycles. The molecule has 1 aliphatic rings. The molecule has 284 valence electrons. The molecule has 0 saturated carbocycles. The summed E-state index contributed by atoms with van der Waals surface area (Å²) < 4.78 is 7.79. The zero-order valence-electron chi connectivity index (χ0n) is 31.5.